The highest BCUT2D eigenvalue weighted by atomic mass is 32.1. The molecule has 1 fully saturated rings. The van der Waals surface area contributed by atoms with E-state index in [1.165, 1.54) is 4.90 Å². The third-order valence-electron chi connectivity index (χ3n) is 7.45. The molecule has 12 nitrogen and oxygen atoms in total. The Morgan fingerprint density at radius 1 is 1.07 bits per heavy atom. The molecule has 2 aromatic rings. The van der Waals surface area contributed by atoms with Crippen LogP contribution in [0.1, 0.15) is 78.6 Å². The molecule has 4 amide bonds. The summed E-state index contributed by atoms with van der Waals surface area (Å²) in [4.78, 5) is 58.6. The fourth-order valence-corrected chi connectivity index (χ4v) is 5.87. The maximum absolute atomic E-state index is 13.8. The predicted molar refractivity (Wildman–Crippen MR) is 176 cm³/mol. The second kappa shape index (κ2) is 15.8. The van der Waals surface area contributed by atoms with E-state index < -0.39 is 41.2 Å². The van der Waals surface area contributed by atoms with E-state index in [-0.39, 0.29) is 57.0 Å². The van der Waals surface area contributed by atoms with Gasteiger partial charge in [0.2, 0.25) is 17.7 Å². The van der Waals surface area contributed by atoms with Gasteiger partial charge < -0.3 is 35.4 Å². The number of aromatic nitrogens is 1. The molecule has 0 spiro atoms. The fraction of sp³-hybridized carbons (Fsp3) is 0.606. The van der Waals surface area contributed by atoms with E-state index in [4.69, 9.17) is 9.47 Å². The number of alkyl carbamates (subject to hydrolysis) is 1. The number of rotatable bonds is 12. The molecule has 2 heterocycles. The second-order valence-corrected chi connectivity index (χ2v) is 14.5. The number of aliphatic hydroxyl groups excluding tert-OH is 1. The Kier molecular flexibility index (Phi) is 12.7. The molecule has 3 rings (SSSR count). The number of aryl methyl sites for hydroxylation is 1. The monoisotopic (exact) mass is 659 g/mol. The van der Waals surface area contributed by atoms with Crippen LogP contribution in [0.4, 0.5) is 4.79 Å². The average Bonchev–Trinajstić information content (AvgIpc) is 3.57. The normalized spacial score (nSPS) is 18.1. The number of aliphatic hydroxyl groups is 1. The lowest BCUT2D eigenvalue weighted by Gasteiger charge is -2.35. The number of likely N-dealkylation sites (tertiary alicyclic amines) is 1. The van der Waals surface area contributed by atoms with Gasteiger partial charge in [0.25, 0.3) is 0 Å². The van der Waals surface area contributed by atoms with Gasteiger partial charge in [0.05, 0.1) is 41.4 Å². The molecular formula is C33H49N5O7S. The quantitative estimate of drug-likeness (QED) is 0.251. The Balaban J connectivity index is 1.55. The zero-order valence-corrected chi connectivity index (χ0v) is 29.0. The molecule has 0 unspecified atom stereocenters. The summed E-state index contributed by atoms with van der Waals surface area (Å²) in [6.07, 6.45) is -1.32. The van der Waals surface area contributed by atoms with Crippen LogP contribution >= 0.6 is 11.3 Å². The Morgan fingerprint density at radius 2 is 1.74 bits per heavy atom. The average molecular weight is 660 g/mol. The minimum absolute atomic E-state index is 0.00228. The Morgan fingerprint density at radius 3 is 2.33 bits per heavy atom. The largest absolute Gasteiger partial charge is 0.444 e. The molecule has 0 aliphatic carbocycles. The minimum Gasteiger partial charge on any atom is -0.444 e. The first-order chi connectivity index (χ1) is 21.5. The van der Waals surface area contributed by atoms with Crippen LogP contribution in [0.2, 0.25) is 0 Å². The van der Waals surface area contributed by atoms with Gasteiger partial charge in [-0.25, -0.2) is 9.78 Å². The molecule has 1 aliphatic heterocycles. The standard InChI is InChI=1S/C33H49N5O7S/c1-20(22-9-11-23(12-10-22)27-21(2)35-19-46-27)36-29(41)25-17-24(39)18-38(25)30(42)28(32(3,4)5)37-26(40)13-15-44-16-14-34-31(43)45-33(6,7)8/h9-12,19-20,24-25,28,39H,13-18H2,1-8H3,(H,34,43)(H,36,41)(H,37,40)/t20-,24+,25-,28+/m0/s1. The summed E-state index contributed by atoms with van der Waals surface area (Å²) in [7, 11) is 0. The van der Waals surface area contributed by atoms with Gasteiger partial charge in [0, 0.05) is 25.9 Å². The molecule has 1 aromatic carbocycles. The van der Waals surface area contributed by atoms with Gasteiger partial charge in [-0.2, -0.15) is 0 Å². The van der Waals surface area contributed by atoms with E-state index in [9.17, 15) is 24.3 Å². The third kappa shape index (κ3) is 10.8. The molecule has 254 valence electrons. The number of hydrogen-bond acceptors (Lipinski definition) is 9. The van der Waals surface area contributed by atoms with Crippen LogP contribution < -0.4 is 16.0 Å². The van der Waals surface area contributed by atoms with Gasteiger partial charge in [-0.15, -0.1) is 11.3 Å². The van der Waals surface area contributed by atoms with Gasteiger partial charge in [0.1, 0.15) is 17.7 Å². The van der Waals surface area contributed by atoms with E-state index in [1.54, 1.807) is 32.1 Å². The highest BCUT2D eigenvalue weighted by Crippen LogP contribution is 2.29. The number of benzene rings is 1. The van der Waals surface area contributed by atoms with Gasteiger partial charge in [-0.05, 0) is 51.2 Å². The summed E-state index contributed by atoms with van der Waals surface area (Å²) in [5, 5.41) is 18.9. The molecule has 1 aliphatic rings. The summed E-state index contributed by atoms with van der Waals surface area (Å²) in [6.45, 7) is 15.1. The van der Waals surface area contributed by atoms with Crippen LogP contribution in [0.3, 0.4) is 0 Å². The zero-order valence-electron chi connectivity index (χ0n) is 28.1. The van der Waals surface area contributed by atoms with Crippen LogP contribution in [0, 0.1) is 12.3 Å². The third-order valence-corrected chi connectivity index (χ3v) is 8.43. The smallest absolute Gasteiger partial charge is 0.407 e. The maximum atomic E-state index is 13.8. The first-order valence-electron chi connectivity index (χ1n) is 15.6. The number of β-amino-alcohol motifs (C(OH)–C–C–N with tert-alkyl or cyclic N) is 1. The number of hydrogen-bond donors (Lipinski definition) is 4. The van der Waals surface area contributed by atoms with E-state index in [1.807, 2.05) is 64.4 Å². The lowest BCUT2D eigenvalue weighted by molar-refractivity contribution is -0.144. The Bertz CT molecular complexity index is 1350. The van der Waals surface area contributed by atoms with Crippen molar-refractivity contribution in [2.45, 2.75) is 98.1 Å². The van der Waals surface area contributed by atoms with Gasteiger partial charge in [0.15, 0.2) is 0 Å². The number of carbonyl (C=O) groups excluding carboxylic acids is 4. The lowest BCUT2D eigenvalue weighted by atomic mass is 9.85. The summed E-state index contributed by atoms with van der Waals surface area (Å²) in [6, 6.07) is 5.75. The summed E-state index contributed by atoms with van der Waals surface area (Å²) < 4.78 is 10.6. The molecule has 1 aromatic heterocycles. The van der Waals surface area contributed by atoms with Crippen molar-refractivity contribution in [2.75, 3.05) is 26.3 Å². The predicted octanol–water partition coefficient (Wildman–Crippen LogP) is 3.72. The van der Waals surface area contributed by atoms with Crippen molar-refractivity contribution in [1.82, 2.24) is 25.8 Å². The molecule has 13 heteroatoms. The fourth-order valence-electron chi connectivity index (χ4n) is 5.05. The van der Waals surface area contributed by atoms with Gasteiger partial charge in [-0.3, -0.25) is 14.4 Å². The topological polar surface area (TPSA) is 159 Å². The number of nitrogens with zero attached hydrogens (tertiary/aromatic N) is 2. The van der Waals surface area contributed by atoms with Crippen molar-refractivity contribution in [3.05, 3.63) is 41.0 Å². The molecule has 4 atom stereocenters. The highest BCUT2D eigenvalue weighted by molar-refractivity contribution is 7.13. The van der Waals surface area contributed by atoms with Crippen molar-refractivity contribution in [2.24, 2.45) is 5.41 Å². The van der Waals surface area contributed by atoms with Crippen LogP contribution in [-0.4, -0.2) is 88.9 Å². The SMILES string of the molecule is Cc1ncsc1-c1ccc([C@H](C)NC(=O)[C@@H]2C[C@@H](O)CN2C(=O)[C@@H](NC(=O)CCOCCNC(=O)OC(C)(C)C)C(C)(C)C)cc1. The van der Waals surface area contributed by atoms with Crippen LogP contribution in [0.25, 0.3) is 10.4 Å². The summed E-state index contributed by atoms with van der Waals surface area (Å²) in [5.74, 6) is -1.19. The molecule has 4 N–H and O–H groups in total. The zero-order chi connectivity index (χ0) is 34.2. The number of amides is 4. The van der Waals surface area contributed by atoms with Crippen molar-refractivity contribution < 1.29 is 33.8 Å². The van der Waals surface area contributed by atoms with E-state index >= 15 is 0 Å². The van der Waals surface area contributed by atoms with Crippen LogP contribution in [-0.2, 0) is 23.9 Å². The summed E-state index contributed by atoms with van der Waals surface area (Å²) in [5.41, 5.74) is 3.45. The Hall–Kier alpha value is -3.55. The van der Waals surface area contributed by atoms with Crippen LogP contribution in [0.5, 0.6) is 0 Å². The van der Waals surface area contributed by atoms with Crippen molar-refractivity contribution >= 4 is 35.2 Å². The first kappa shape index (κ1) is 36.9. The Labute approximate surface area is 275 Å². The van der Waals surface area contributed by atoms with Crippen molar-refractivity contribution in [3.63, 3.8) is 0 Å². The van der Waals surface area contributed by atoms with E-state index in [0.717, 1.165) is 21.7 Å². The van der Waals surface area contributed by atoms with Gasteiger partial charge in [-0.1, -0.05) is 45.0 Å². The lowest BCUT2D eigenvalue weighted by Crippen LogP contribution is -2.58. The number of thiazole rings is 1. The highest BCUT2D eigenvalue weighted by Gasteiger charge is 2.44. The molecular weight excluding hydrogens is 610 g/mol. The van der Waals surface area contributed by atoms with Crippen molar-refractivity contribution in [3.8, 4) is 10.4 Å². The molecule has 0 radical (unpaired) electrons. The number of nitrogens with one attached hydrogen (secondary N) is 3. The minimum atomic E-state index is -0.936. The number of carbonyl (C=O) groups is 4. The first-order valence-corrected chi connectivity index (χ1v) is 16.5. The van der Waals surface area contributed by atoms with Crippen molar-refractivity contribution in [1.29, 1.82) is 0 Å². The molecule has 1 saturated heterocycles. The summed E-state index contributed by atoms with van der Waals surface area (Å²) >= 11 is 1.57. The van der Waals surface area contributed by atoms with Gasteiger partial charge >= 0.3 is 6.09 Å². The molecule has 46 heavy (non-hydrogen) atoms. The number of ether oxygens (including phenoxy) is 2. The maximum Gasteiger partial charge on any atom is 0.407 e. The van der Waals surface area contributed by atoms with E-state index in [0.29, 0.717) is 0 Å². The molecule has 0 saturated carbocycles. The van der Waals surface area contributed by atoms with Crippen LogP contribution in [0.15, 0.2) is 29.8 Å². The molecule has 0 bridgehead atoms. The second-order valence-electron chi connectivity index (χ2n) is 13.7. The van der Waals surface area contributed by atoms with E-state index in [2.05, 4.69) is 20.9 Å².